The zero-order valence-corrected chi connectivity index (χ0v) is 19.4. The second-order valence-electron chi connectivity index (χ2n) is 7.08. The van der Waals surface area contributed by atoms with Gasteiger partial charge in [0.05, 0.1) is 12.6 Å². The summed E-state index contributed by atoms with van der Waals surface area (Å²) >= 11 is 1.44. The first-order valence-electron chi connectivity index (χ1n) is 10.2. The molecule has 15 heteroatoms. The summed E-state index contributed by atoms with van der Waals surface area (Å²) < 4.78 is 0. The van der Waals surface area contributed by atoms with Crippen LogP contribution in [-0.2, 0) is 24.0 Å². The molecule has 0 rings (SSSR count). The van der Waals surface area contributed by atoms with Crippen molar-refractivity contribution in [1.29, 1.82) is 0 Å². The normalized spacial score (nSPS) is 13.2. The van der Waals surface area contributed by atoms with Gasteiger partial charge in [0.15, 0.2) is 5.96 Å². The number of rotatable bonds is 17. The number of aliphatic carboxylic acids is 1. The molecule has 4 amide bonds. The minimum atomic E-state index is -1.24. The lowest BCUT2D eigenvalue weighted by molar-refractivity contribution is -0.142. The molecule has 0 aromatic rings. The maximum absolute atomic E-state index is 12.6. The van der Waals surface area contributed by atoms with Crippen LogP contribution in [0.5, 0.6) is 0 Å². The van der Waals surface area contributed by atoms with Gasteiger partial charge in [-0.3, -0.25) is 24.2 Å². The number of guanidine groups is 1. The van der Waals surface area contributed by atoms with Crippen LogP contribution in [0.3, 0.4) is 0 Å². The molecule has 0 aliphatic rings. The van der Waals surface area contributed by atoms with Crippen LogP contribution in [0.15, 0.2) is 4.99 Å². The Kier molecular flexibility index (Phi) is 15.0. The van der Waals surface area contributed by atoms with E-state index >= 15 is 0 Å². The molecule has 0 saturated carbocycles. The summed E-state index contributed by atoms with van der Waals surface area (Å²) in [5, 5.41) is 16.6. The Labute approximate surface area is 196 Å². The summed E-state index contributed by atoms with van der Waals surface area (Å²) in [5.41, 5.74) is 21.1. The van der Waals surface area contributed by atoms with Crippen LogP contribution in [0.2, 0.25) is 0 Å². The maximum Gasteiger partial charge on any atom is 0.326 e. The van der Waals surface area contributed by atoms with Gasteiger partial charge in [0.2, 0.25) is 23.6 Å². The van der Waals surface area contributed by atoms with Crippen LogP contribution in [0.25, 0.3) is 0 Å². The maximum atomic E-state index is 12.6. The lowest BCUT2D eigenvalue weighted by atomic mass is 10.1. The van der Waals surface area contributed by atoms with Crippen LogP contribution >= 0.6 is 11.8 Å². The second-order valence-corrected chi connectivity index (χ2v) is 8.06. The van der Waals surface area contributed by atoms with E-state index in [2.05, 4.69) is 20.9 Å². The Hall–Kier alpha value is -3.07. The van der Waals surface area contributed by atoms with E-state index < -0.39 is 54.3 Å². The highest BCUT2D eigenvalue weighted by atomic mass is 32.2. The van der Waals surface area contributed by atoms with Gasteiger partial charge in [-0.2, -0.15) is 11.8 Å². The number of hydrogen-bond donors (Lipinski definition) is 8. The number of hydrogen-bond acceptors (Lipinski definition) is 8. The summed E-state index contributed by atoms with van der Waals surface area (Å²) in [6.45, 7) is -0.247. The number of carbonyl (C=O) groups is 5. The molecule has 33 heavy (non-hydrogen) atoms. The number of nitrogens with one attached hydrogen (secondary N) is 3. The van der Waals surface area contributed by atoms with Crippen LogP contribution in [-0.4, -0.2) is 83.9 Å². The second kappa shape index (κ2) is 16.5. The molecular weight excluding hydrogens is 456 g/mol. The molecule has 188 valence electrons. The summed E-state index contributed by atoms with van der Waals surface area (Å²) in [4.78, 5) is 62.7. The number of carboxylic acids is 1. The summed E-state index contributed by atoms with van der Waals surface area (Å²) in [6, 6.07) is -3.22. The van der Waals surface area contributed by atoms with Crippen molar-refractivity contribution in [2.24, 2.45) is 27.9 Å². The number of amides is 4. The lowest BCUT2D eigenvalue weighted by Gasteiger charge is -2.21. The average molecular weight is 491 g/mol. The molecule has 0 heterocycles. The lowest BCUT2D eigenvalue weighted by Crippen LogP contribution is -2.54. The minimum absolute atomic E-state index is 0.0291. The number of nitrogens with zero attached hydrogens (tertiary/aromatic N) is 1. The van der Waals surface area contributed by atoms with E-state index in [1.165, 1.54) is 11.8 Å². The molecule has 3 unspecified atom stereocenters. The molecule has 0 radical (unpaired) electrons. The van der Waals surface area contributed by atoms with Gasteiger partial charge in [-0.25, -0.2) is 4.79 Å². The number of primary amides is 1. The topological polar surface area (TPSA) is 258 Å². The number of thioether (sulfide) groups is 1. The zero-order chi connectivity index (χ0) is 25.4. The fourth-order valence-electron chi connectivity index (χ4n) is 2.51. The third-order valence-electron chi connectivity index (χ3n) is 4.28. The van der Waals surface area contributed by atoms with Crippen molar-refractivity contribution in [3.63, 3.8) is 0 Å². The van der Waals surface area contributed by atoms with Gasteiger partial charge >= 0.3 is 5.97 Å². The first kappa shape index (κ1) is 29.9. The molecule has 0 aliphatic carbocycles. The van der Waals surface area contributed by atoms with Gasteiger partial charge < -0.3 is 44.0 Å². The van der Waals surface area contributed by atoms with E-state index in [9.17, 15) is 29.1 Å². The van der Waals surface area contributed by atoms with Crippen molar-refractivity contribution in [2.75, 3.05) is 25.1 Å². The Morgan fingerprint density at radius 2 is 1.64 bits per heavy atom. The van der Waals surface area contributed by atoms with Gasteiger partial charge in [0, 0.05) is 13.0 Å². The predicted octanol–water partition coefficient (Wildman–Crippen LogP) is -3.44. The molecule has 0 saturated heterocycles. The van der Waals surface area contributed by atoms with Gasteiger partial charge in [-0.05, 0) is 37.7 Å². The van der Waals surface area contributed by atoms with Crippen LogP contribution < -0.4 is 38.9 Å². The largest absolute Gasteiger partial charge is 0.480 e. The quantitative estimate of drug-likeness (QED) is 0.0568. The number of carboxylic acid groups (broad SMARTS) is 1. The van der Waals surface area contributed by atoms with Crippen molar-refractivity contribution in [1.82, 2.24) is 16.0 Å². The van der Waals surface area contributed by atoms with Crippen molar-refractivity contribution in [3.05, 3.63) is 0 Å². The molecule has 3 atom stereocenters. The van der Waals surface area contributed by atoms with E-state index in [-0.39, 0.29) is 38.2 Å². The molecule has 0 bridgehead atoms. The van der Waals surface area contributed by atoms with Crippen molar-refractivity contribution >= 4 is 47.3 Å². The number of carbonyl (C=O) groups excluding carboxylic acids is 4. The molecule has 0 aromatic carbocycles. The third-order valence-corrected chi connectivity index (χ3v) is 4.93. The summed E-state index contributed by atoms with van der Waals surface area (Å²) in [6.07, 6.45) is 2.41. The summed E-state index contributed by atoms with van der Waals surface area (Å²) in [7, 11) is 0. The van der Waals surface area contributed by atoms with Crippen molar-refractivity contribution in [3.8, 4) is 0 Å². The van der Waals surface area contributed by atoms with Crippen molar-refractivity contribution in [2.45, 2.75) is 50.2 Å². The minimum Gasteiger partial charge on any atom is -0.480 e. The Bertz CT molecular complexity index is 716. The molecule has 0 aromatic heterocycles. The molecule has 14 nitrogen and oxygen atoms in total. The van der Waals surface area contributed by atoms with Gasteiger partial charge in [-0.15, -0.1) is 0 Å². The Morgan fingerprint density at radius 1 is 0.970 bits per heavy atom. The van der Waals surface area contributed by atoms with E-state index in [1.54, 1.807) is 0 Å². The molecule has 0 fully saturated rings. The first-order valence-corrected chi connectivity index (χ1v) is 11.6. The fraction of sp³-hybridized carbons (Fsp3) is 0.667. The molecule has 0 aliphatic heterocycles. The van der Waals surface area contributed by atoms with Crippen LogP contribution in [0.1, 0.15) is 32.1 Å². The van der Waals surface area contributed by atoms with E-state index in [1.807, 2.05) is 6.26 Å². The molecular formula is C18H34N8O6S. The van der Waals surface area contributed by atoms with E-state index in [4.69, 9.17) is 22.9 Å². The van der Waals surface area contributed by atoms with Crippen LogP contribution in [0, 0.1) is 0 Å². The highest BCUT2D eigenvalue weighted by Gasteiger charge is 2.26. The van der Waals surface area contributed by atoms with Crippen LogP contribution in [0.4, 0.5) is 0 Å². The predicted molar refractivity (Wildman–Crippen MR) is 124 cm³/mol. The van der Waals surface area contributed by atoms with Gasteiger partial charge in [0.25, 0.3) is 0 Å². The van der Waals surface area contributed by atoms with E-state index in [0.717, 1.165) is 0 Å². The smallest absolute Gasteiger partial charge is 0.326 e. The van der Waals surface area contributed by atoms with Gasteiger partial charge in [-0.1, -0.05) is 0 Å². The Morgan fingerprint density at radius 3 is 2.18 bits per heavy atom. The molecule has 12 N–H and O–H groups in total. The van der Waals surface area contributed by atoms with Gasteiger partial charge in [0.1, 0.15) is 12.1 Å². The van der Waals surface area contributed by atoms with E-state index in [0.29, 0.717) is 12.2 Å². The first-order chi connectivity index (χ1) is 15.5. The molecule has 0 spiro atoms. The van der Waals surface area contributed by atoms with Crippen molar-refractivity contribution < 1.29 is 29.1 Å². The highest BCUT2D eigenvalue weighted by Crippen LogP contribution is 2.04. The average Bonchev–Trinajstić information content (AvgIpc) is 2.74. The summed E-state index contributed by atoms with van der Waals surface area (Å²) in [5.74, 6) is -3.42. The number of aliphatic imine (C=N–C) groups is 1. The number of nitrogens with two attached hydrogens (primary N) is 4. The highest BCUT2D eigenvalue weighted by molar-refractivity contribution is 7.98. The standard InChI is InChI=1S/C18H34N8O6S/c1-33-8-6-11(16(30)26-12(17(31)32)3-2-7-23-18(21)22)25-14(28)9-24-15(29)10(19)4-5-13(20)27/h10-12H,2-9,19H2,1H3,(H2,20,27)(H,24,29)(H,25,28)(H,26,30)(H,31,32)(H4,21,22,23). The third kappa shape index (κ3) is 14.6. The fourth-order valence-corrected chi connectivity index (χ4v) is 2.98. The monoisotopic (exact) mass is 490 g/mol. The zero-order valence-electron chi connectivity index (χ0n) is 18.5. The SMILES string of the molecule is CSCCC(NC(=O)CNC(=O)C(N)CCC(N)=O)C(=O)NC(CCCN=C(N)N)C(=O)O. The Balaban J connectivity index is 4.84.